The highest BCUT2D eigenvalue weighted by molar-refractivity contribution is 6.55. The van der Waals surface area contributed by atoms with E-state index in [2.05, 4.69) is 6.58 Å². The van der Waals surface area contributed by atoms with Gasteiger partial charge in [0.15, 0.2) is 0 Å². The van der Waals surface area contributed by atoms with Crippen molar-refractivity contribution >= 4 is 23.2 Å². The highest BCUT2D eigenvalue weighted by atomic mass is 35.5. The molecule has 4 heavy (non-hydrogen) atoms. The van der Waals surface area contributed by atoms with E-state index in [0.29, 0.717) is 0 Å². The van der Waals surface area contributed by atoms with Gasteiger partial charge in [-0.2, -0.15) is 0 Å². The van der Waals surface area contributed by atoms with E-state index < -0.39 is 0 Å². The molecule has 0 aromatic rings. The molecule has 0 nitrogen and oxygen atoms in total. The van der Waals surface area contributed by atoms with Gasteiger partial charge in [0.2, 0.25) is 6.58 Å². The molecule has 0 bridgehead atoms. The number of hydrogen-bond acceptors (Lipinski definition) is 0. The SMILES string of the molecule is [CH+]=C(Cl)Cl. The molecule has 0 aromatic carbocycles. The Morgan fingerprint density at radius 2 is 1.50 bits per heavy atom. The first kappa shape index (κ1) is 4.23. The maximum absolute atomic E-state index is 4.73. The lowest BCUT2D eigenvalue weighted by Gasteiger charge is -1.40. The summed E-state index contributed by atoms with van der Waals surface area (Å²) < 4.78 is -0.139. The Morgan fingerprint density at radius 1 is 1.50 bits per heavy atom. The normalized spacial score (nSPS) is 6.25. The number of halogens is 2. The fourth-order valence-electron chi connectivity index (χ4n) is 0. The van der Waals surface area contributed by atoms with Crippen LogP contribution in [0.4, 0.5) is 0 Å². The summed E-state index contributed by atoms with van der Waals surface area (Å²) in [6, 6.07) is 0. The van der Waals surface area contributed by atoms with E-state index in [-0.39, 0.29) is 4.49 Å². The van der Waals surface area contributed by atoms with Gasteiger partial charge in [-0.25, -0.2) is 0 Å². The maximum atomic E-state index is 4.73. The summed E-state index contributed by atoms with van der Waals surface area (Å²) in [4.78, 5) is 0. The van der Waals surface area contributed by atoms with E-state index in [0.717, 1.165) is 0 Å². The predicted molar refractivity (Wildman–Crippen MR) is 19.5 cm³/mol. The largest absolute Gasteiger partial charge is 0.344 e. The van der Waals surface area contributed by atoms with Gasteiger partial charge in [-0.1, -0.05) is 0 Å². The molecule has 0 fully saturated rings. The van der Waals surface area contributed by atoms with E-state index >= 15 is 0 Å². The summed E-state index contributed by atoms with van der Waals surface area (Å²) in [5.74, 6) is 0. The van der Waals surface area contributed by atoms with Crippen molar-refractivity contribution in [2.45, 2.75) is 0 Å². The van der Waals surface area contributed by atoms with Crippen LogP contribution in [0.15, 0.2) is 4.49 Å². The van der Waals surface area contributed by atoms with Gasteiger partial charge in [0.1, 0.15) is 0 Å². The second-order valence-electron chi connectivity index (χ2n) is 0.290. The van der Waals surface area contributed by atoms with Crippen molar-refractivity contribution in [3.05, 3.63) is 11.1 Å². The molecular formula is C2HCl2+. The molecule has 0 amide bonds. The molecule has 0 aromatic heterocycles. The minimum Gasteiger partial charge on any atom is -0.0109 e. The van der Waals surface area contributed by atoms with Gasteiger partial charge in [0.05, 0.1) is 0 Å². The first-order valence-corrected chi connectivity index (χ1v) is 1.42. The summed E-state index contributed by atoms with van der Waals surface area (Å²) in [5, 5.41) is 0. The maximum Gasteiger partial charge on any atom is 0.344 e. The van der Waals surface area contributed by atoms with E-state index in [1.807, 2.05) is 0 Å². The van der Waals surface area contributed by atoms with Crippen LogP contribution >= 0.6 is 23.2 Å². The van der Waals surface area contributed by atoms with E-state index in [4.69, 9.17) is 23.2 Å². The first-order chi connectivity index (χ1) is 1.73. The van der Waals surface area contributed by atoms with Crippen molar-refractivity contribution in [1.29, 1.82) is 0 Å². The smallest absolute Gasteiger partial charge is 0.0109 e. The Bertz CT molecular complexity index is 27.0. The second kappa shape index (κ2) is 1.54. The molecule has 0 aliphatic rings. The van der Waals surface area contributed by atoms with Crippen LogP contribution in [0.25, 0.3) is 0 Å². The molecule has 0 aliphatic carbocycles. The van der Waals surface area contributed by atoms with Crippen molar-refractivity contribution in [3.63, 3.8) is 0 Å². The average Bonchev–Trinajstić information content (AvgIpc) is 0.811. The molecule has 0 aliphatic heterocycles. The molecular weight excluding hydrogens is 94.9 g/mol. The topological polar surface area (TPSA) is 0 Å². The Balaban J connectivity index is 2.80. The fourth-order valence-corrected chi connectivity index (χ4v) is 0. The Hall–Kier alpha value is 0.230. The van der Waals surface area contributed by atoms with E-state index in [1.54, 1.807) is 0 Å². The summed E-state index contributed by atoms with van der Waals surface area (Å²) in [6.45, 7) is 4.56. The average molecular weight is 95.9 g/mol. The molecule has 0 saturated heterocycles. The third kappa shape index (κ3) is 63.8. The molecule has 0 heterocycles. The Morgan fingerprint density at radius 3 is 1.50 bits per heavy atom. The molecule has 0 N–H and O–H groups in total. The van der Waals surface area contributed by atoms with Gasteiger partial charge >= 0.3 is 4.49 Å². The van der Waals surface area contributed by atoms with Crippen LogP contribution in [0.2, 0.25) is 0 Å². The Labute approximate surface area is 35.0 Å². The van der Waals surface area contributed by atoms with Crippen LogP contribution in [0.3, 0.4) is 0 Å². The van der Waals surface area contributed by atoms with Crippen molar-refractivity contribution in [3.8, 4) is 0 Å². The van der Waals surface area contributed by atoms with Crippen LogP contribution < -0.4 is 0 Å². The molecule has 0 atom stereocenters. The molecule has 0 rings (SSSR count). The summed E-state index contributed by atoms with van der Waals surface area (Å²) in [7, 11) is 0. The Kier molecular flexibility index (Phi) is 1.63. The van der Waals surface area contributed by atoms with Gasteiger partial charge in [0, 0.05) is 0 Å². The third-order valence-corrected chi connectivity index (χ3v) is 0. The summed E-state index contributed by atoms with van der Waals surface area (Å²) in [6.07, 6.45) is 0. The molecule has 2 heteroatoms. The van der Waals surface area contributed by atoms with Crippen LogP contribution in [-0.4, -0.2) is 0 Å². The zero-order chi connectivity index (χ0) is 3.58. The monoisotopic (exact) mass is 94.9 g/mol. The predicted octanol–water partition coefficient (Wildman–Crippen LogP) is 1.74. The van der Waals surface area contributed by atoms with Crippen molar-refractivity contribution in [2.24, 2.45) is 0 Å². The molecule has 22 valence electrons. The van der Waals surface area contributed by atoms with E-state index in [1.165, 1.54) is 0 Å². The summed E-state index contributed by atoms with van der Waals surface area (Å²) in [5.41, 5.74) is 0. The van der Waals surface area contributed by atoms with Crippen molar-refractivity contribution in [1.82, 2.24) is 0 Å². The second-order valence-corrected chi connectivity index (χ2v) is 1.30. The number of hydrogen-bond donors (Lipinski definition) is 0. The van der Waals surface area contributed by atoms with Crippen LogP contribution in [0, 0.1) is 6.58 Å². The van der Waals surface area contributed by atoms with Crippen LogP contribution in [0.1, 0.15) is 0 Å². The van der Waals surface area contributed by atoms with Crippen LogP contribution in [0.5, 0.6) is 0 Å². The van der Waals surface area contributed by atoms with Gasteiger partial charge in [-0.05, 0) is 23.2 Å². The minimum atomic E-state index is -0.139. The first-order valence-electron chi connectivity index (χ1n) is 0.667. The van der Waals surface area contributed by atoms with Gasteiger partial charge in [-0.15, -0.1) is 0 Å². The van der Waals surface area contributed by atoms with Gasteiger partial charge < -0.3 is 0 Å². The standard InChI is InChI=1S/C2HCl2/c1-2(3)4/h1H/q+1. The lowest BCUT2D eigenvalue weighted by Crippen LogP contribution is -1.25. The third-order valence-electron chi connectivity index (χ3n) is 0. The van der Waals surface area contributed by atoms with Crippen molar-refractivity contribution in [2.75, 3.05) is 0 Å². The minimum absolute atomic E-state index is 0.139. The van der Waals surface area contributed by atoms with Crippen LogP contribution in [-0.2, 0) is 0 Å². The van der Waals surface area contributed by atoms with Gasteiger partial charge in [0.25, 0.3) is 0 Å². The molecule has 0 unspecified atom stereocenters. The zero-order valence-electron chi connectivity index (χ0n) is 1.83. The van der Waals surface area contributed by atoms with E-state index in [9.17, 15) is 0 Å². The lowest BCUT2D eigenvalue weighted by atomic mass is 11.3. The molecule has 0 saturated carbocycles. The van der Waals surface area contributed by atoms with Gasteiger partial charge in [-0.3, -0.25) is 0 Å². The summed E-state index contributed by atoms with van der Waals surface area (Å²) >= 11 is 9.47. The highest BCUT2D eigenvalue weighted by Crippen LogP contribution is 1.98. The fraction of sp³-hybridized carbons (Fsp3) is 0. The highest BCUT2D eigenvalue weighted by Gasteiger charge is 1.78. The number of rotatable bonds is 0. The zero-order valence-corrected chi connectivity index (χ0v) is 3.35. The quantitative estimate of drug-likeness (QED) is 0.403. The molecule has 0 spiro atoms. The van der Waals surface area contributed by atoms with Crippen molar-refractivity contribution < 1.29 is 0 Å². The molecule has 0 radical (unpaired) electrons. The lowest BCUT2D eigenvalue weighted by molar-refractivity contribution is 2.37.